The van der Waals surface area contributed by atoms with Crippen LogP contribution >= 0.6 is 0 Å². The second kappa shape index (κ2) is 10.8. The molecule has 2 heteroatoms. The van der Waals surface area contributed by atoms with Gasteiger partial charge in [0.15, 0.2) is 0 Å². The predicted octanol–water partition coefficient (Wildman–Crippen LogP) is 12.2. The molecule has 8 aromatic carbocycles. The van der Waals surface area contributed by atoms with Crippen LogP contribution in [-0.4, -0.2) is 4.57 Å². The number of rotatable bonds is 6. The highest BCUT2D eigenvalue weighted by molar-refractivity contribution is 6.24. The Hall–Kier alpha value is -6.12. The third kappa shape index (κ3) is 4.35. The van der Waals surface area contributed by atoms with Crippen LogP contribution in [0.3, 0.4) is 0 Å². The molecule has 0 fully saturated rings. The predicted molar refractivity (Wildman–Crippen MR) is 195 cm³/mol. The fraction of sp³-hybridized carbons (Fsp3) is 0. The molecule has 0 bridgehead atoms. The molecule has 0 atom stereocenters. The van der Waals surface area contributed by atoms with Crippen LogP contribution < -0.4 is 4.90 Å². The molecule has 0 unspecified atom stereocenters. The van der Waals surface area contributed by atoms with Gasteiger partial charge < -0.3 is 9.47 Å². The van der Waals surface area contributed by atoms with Crippen LogP contribution in [-0.2, 0) is 0 Å². The quantitative estimate of drug-likeness (QED) is 0.176. The third-order valence-electron chi connectivity index (χ3n) is 9.16. The van der Waals surface area contributed by atoms with Gasteiger partial charge in [0, 0.05) is 33.5 Å². The lowest BCUT2D eigenvalue weighted by Crippen LogP contribution is -2.10. The third-order valence-corrected chi connectivity index (χ3v) is 9.16. The standard InChI is InChI=1S/C44H30N2/c1-3-9-31(10-4-1)33-19-23-37(24-20-33)45(38-25-21-34(22-26-38)32-11-5-2-6-12-32)39-27-29-40(30-28-39)46-41-15-7-13-35-17-18-36-14-8-16-42(46)44(36)43(35)41/h1-30H. The molecule has 0 radical (unpaired) electrons. The molecule has 0 N–H and O–H groups in total. The first-order valence-electron chi connectivity index (χ1n) is 15.8. The van der Waals surface area contributed by atoms with E-state index in [4.69, 9.17) is 0 Å². The van der Waals surface area contributed by atoms with Crippen molar-refractivity contribution in [3.63, 3.8) is 0 Å². The zero-order valence-corrected chi connectivity index (χ0v) is 25.2. The van der Waals surface area contributed by atoms with E-state index < -0.39 is 0 Å². The summed E-state index contributed by atoms with van der Waals surface area (Å²) in [5.74, 6) is 0. The van der Waals surface area contributed by atoms with E-state index in [1.54, 1.807) is 0 Å². The second-order valence-electron chi connectivity index (χ2n) is 11.8. The first-order chi connectivity index (χ1) is 22.8. The Morgan fingerprint density at radius 2 is 0.696 bits per heavy atom. The van der Waals surface area contributed by atoms with Crippen LogP contribution in [0.2, 0.25) is 0 Å². The molecule has 9 rings (SSSR count). The molecule has 0 saturated carbocycles. The monoisotopic (exact) mass is 586 g/mol. The van der Waals surface area contributed by atoms with Crippen LogP contribution in [0.25, 0.3) is 60.5 Å². The average Bonchev–Trinajstić information content (AvgIpc) is 3.48. The molecule has 46 heavy (non-hydrogen) atoms. The number of hydrogen-bond acceptors (Lipinski definition) is 1. The van der Waals surface area contributed by atoms with E-state index in [2.05, 4.69) is 191 Å². The number of aromatic nitrogens is 1. The van der Waals surface area contributed by atoms with Gasteiger partial charge in [0.2, 0.25) is 0 Å². The summed E-state index contributed by atoms with van der Waals surface area (Å²) in [5.41, 5.74) is 11.8. The van der Waals surface area contributed by atoms with Gasteiger partial charge in [-0.1, -0.05) is 121 Å². The lowest BCUT2D eigenvalue weighted by molar-refractivity contribution is 1.17. The molecule has 0 saturated heterocycles. The van der Waals surface area contributed by atoms with E-state index in [-0.39, 0.29) is 0 Å². The largest absolute Gasteiger partial charge is 0.311 e. The average molecular weight is 587 g/mol. The van der Waals surface area contributed by atoms with Gasteiger partial charge in [-0.15, -0.1) is 0 Å². The van der Waals surface area contributed by atoms with E-state index in [0.29, 0.717) is 0 Å². The Balaban J connectivity index is 1.15. The highest BCUT2D eigenvalue weighted by Gasteiger charge is 2.18. The maximum absolute atomic E-state index is 2.40. The van der Waals surface area contributed by atoms with Gasteiger partial charge in [0.25, 0.3) is 0 Å². The summed E-state index contributed by atoms with van der Waals surface area (Å²) in [6.07, 6.45) is 0. The number of nitrogens with zero attached hydrogens (tertiary/aromatic N) is 2. The van der Waals surface area contributed by atoms with Crippen molar-refractivity contribution in [2.45, 2.75) is 0 Å². The maximum atomic E-state index is 2.40. The molecule has 9 aromatic rings. The topological polar surface area (TPSA) is 8.17 Å². The minimum Gasteiger partial charge on any atom is -0.311 e. The SMILES string of the molecule is c1ccc(-c2ccc(N(c3ccc(-c4ccccc4)cc3)c3ccc(-n4c5cccc6ccc7cccc4c7c65)cc3)cc2)cc1. The van der Waals surface area contributed by atoms with Crippen molar-refractivity contribution < 1.29 is 0 Å². The highest BCUT2D eigenvalue weighted by Crippen LogP contribution is 2.40. The normalized spacial score (nSPS) is 11.5. The number of benzene rings is 8. The Bertz CT molecular complexity index is 2270. The summed E-state index contributed by atoms with van der Waals surface area (Å²) in [5, 5.41) is 5.22. The van der Waals surface area contributed by atoms with Crippen LogP contribution in [0, 0.1) is 0 Å². The van der Waals surface area contributed by atoms with E-state index in [1.807, 2.05) is 0 Å². The Kier molecular flexibility index (Phi) is 6.17. The van der Waals surface area contributed by atoms with E-state index in [9.17, 15) is 0 Å². The summed E-state index contributed by atoms with van der Waals surface area (Å²) in [6, 6.07) is 65.6. The molecule has 0 amide bonds. The van der Waals surface area contributed by atoms with E-state index in [0.717, 1.165) is 22.7 Å². The van der Waals surface area contributed by atoms with Gasteiger partial charge in [-0.2, -0.15) is 0 Å². The van der Waals surface area contributed by atoms with Crippen LogP contribution in [0.1, 0.15) is 0 Å². The van der Waals surface area contributed by atoms with E-state index in [1.165, 1.54) is 54.8 Å². The Morgan fingerprint density at radius 3 is 1.13 bits per heavy atom. The van der Waals surface area contributed by atoms with Crippen molar-refractivity contribution in [2.75, 3.05) is 4.90 Å². The first-order valence-corrected chi connectivity index (χ1v) is 15.8. The molecule has 0 spiro atoms. The molecular formula is C44H30N2. The Labute approximate surface area is 268 Å². The number of hydrogen-bond donors (Lipinski definition) is 0. The summed E-state index contributed by atoms with van der Waals surface area (Å²) in [6.45, 7) is 0. The molecule has 1 heterocycles. The van der Waals surface area contributed by atoms with Gasteiger partial charge in [-0.25, -0.2) is 0 Å². The minimum absolute atomic E-state index is 1.11. The van der Waals surface area contributed by atoms with Crippen molar-refractivity contribution in [3.8, 4) is 27.9 Å². The van der Waals surface area contributed by atoms with Gasteiger partial charge in [0.1, 0.15) is 0 Å². The molecule has 1 aromatic heterocycles. The number of anilines is 3. The molecule has 0 aliphatic rings. The van der Waals surface area contributed by atoms with Crippen molar-refractivity contribution in [2.24, 2.45) is 0 Å². The summed E-state index contributed by atoms with van der Waals surface area (Å²) in [4.78, 5) is 2.34. The van der Waals surface area contributed by atoms with Crippen molar-refractivity contribution in [3.05, 3.63) is 182 Å². The summed E-state index contributed by atoms with van der Waals surface area (Å²) >= 11 is 0. The second-order valence-corrected chi connectivity index (χ2v) is 11.8. The lowest BCUT2D eigenvalue weighted by Gasteiger charge is -2.26. The van der Waals surface area contributed by atoms with Crippen molar-refractivity contribution >= 4 is 49.6 Å². The van der Waals surface area contributed by atoms with Crippen LogP contribution in [0.4, 0.5) is 17.1 Å². The van der Waals surface area contributed by atoms with Gasteiger partial charge in [0.05, 0.1) is 11.0 Å². The van der Waals surface area contributed by atoms with Gasteiger partial charge in [-0.3, -0.25) is 0 Å². The molecular weight excluding hydrogens is 556 g/mol. The van der Waals surface area contributed by atoms with Crippen LogP contribution in [0.5, 0.6) is 0 Å². The molecule has 0 aliphatic heterocycles. The van der Waals surface area contributed by atoms with Gasteiger partial charge in [-0.05, 0) is 93.7 Å². The molecule has 216 valence electrons. The first kappa shape index (κ1) is 26.3. The van der Waals surface area contributed by atoms with E-state index >= 15 is 0 Å². The van der Waals surface area contributed by atoms with Crippen molar-refractivity contribution in [1.29, 1.82) is 0 Å². The molecule has 0 aliphatic carbocycles. The fourth-order valence-electron chi connectivity index (χ4n) is 6.96. The van der Waals surface area contributed by atoms with Crippen molar-refractivity contribution in [1.82, 2.24) is 4.57 Å². The van der Waals surface area contributed by atoms with Gasteiger partial charge >= 0.3 is 0 Å². The van der Waals surface area contributed by atoms with Crippen LogP contribution in [0.15, 0.2) is 182 Å². The Morgan fingerprint density at radius 1 is 0.304 bits per heavy atom. The summed E-state index contributed by atoms with van der Waals surface area (Å²) in [7, 11) is 0. The fourth-order valence-corrected chi connectivity index (χ4v) is 6.96. The highest BCUT2D eigenvalue weighted by atomic mass is 15.1. The zero-order valence-electron chi connectivity index (χ0n) is 25.2. The smallest absolute Gasteiger partial charge is 0.0547 e. The minimum atomic E-state index is 1.11. The lowest BCUT2D eigenvalue weighted by atomic mass is 10.0. The summed E-state index contributed by atoms with van der Waals surface area (Å²) < 4.78 is 2.40. The zero-order chi connectivity index (χ0) is 30.5. The maximum Gasteiger partial charge on any atom is 0.0547 e. The molecule has 2 nitrogen and oxygen atoms in total.